The summed E-state index contributed by atoms with van der Waals surface area (Å²) in [6, 6.07) is 12.0. The average molecular weight is 377 g/mol. The second-order valence-electron chi connectivity index (χ2n) is 5.05. The van der Waals surface area contributed by atoms with Gasteiger partial charge in [-0.05, 0) is 46.3 Å². The average Bonchev–Trinajstić information content (AvgIpc) is 2.54. The molecule has 1 N–H and O–H groups in total. The highest BCUT2D eigenvalue weighted by atomic mass is 79.9. The number of amides is 2. The number of ether oxygens (including phenoxy) is 1. The van der Waals surface area contributed by atoms with Gasteiger partial charge in [-0.25, -0.2) is 0 Å². The summed E-state index contributed by atoms with van der Waals surface area (Å²) in [6.07, 6.45) is 0. The zero-order valence-electron chi connectivity index (χ0n) is 13.1. The lowest BCUT2D eigenvalue weighted by molar-refractivity contribution is 0.0827. The molecule has 0 aliphatic heterocycles. The predicted octanol–water partition coefficient (Wildman–Crippen LogP) is 3.41. The van der Waals surface area contributed by atoms with Crippen molar-refractivity contribution in [2.75, 3.05) is 26.5 Å². The maximum Gasteiger partial charge on any atom is 0.256 e. The van der Waals surface area contributed by atoms with Crippen LogP contribution in [0.3, 0.4) is 0 Å². The number of hydrogen-bond acceptors (Lipinski definition) is 3. The van der Waals surface area contributed by atoms with Gasteiger partial charge in [0.05, 0.1) is 18.4 Å². The first-order chi connectivity index (χ1) is 10.9. The van der Waals surface area contributed by atoms with E-state index in [-0.39, 0.29) is 11.8 Å². The lowest BCUT2D eigenvalue weighted by atomic mass is 10.1. The molecular weight excluding hydrogens is 360 g/mol. The summed E-state index contributed by atoms with van der Waals surface area (Å²) in [5, 5.41) is 2.79. The number of anilines is 1. The number of carbonyl (C=O) groups excluding carboxylic acids is 2. The van der Waals surface area contributed by atoms with Gasteiger partial charge in [0, 0.05) is 24.1 Å². The standard InChI is InChI=1S/C17H17BrN2O3/c1-20(2)17(22)11-8-9-15(23-3)14(10-11)19-16(21)12-6-4-5-7-13(12)18/h4-10H,1-3H3,(H,19,21). The number of hydrogen-bond donors (Lipinski definition) is 1. The van der Waals surface area contributed by atoms with E-state index in [1.807, 2.05) is 6.07 Å². The molecule has 120 valence electrons. The van der Waals surface area contributed by atoms with Crippen molar-refractivity contribution >= 4 is 33.4 Å². The van der Waals surface area contributed by atoms with Gasteiger partial charge in [0.1, 0.15) is 5.75 Å². The topological polar surface area (TPSA) is 58.6 Å². The van der Waals surface area contributed by atoms with Crippen molar-refractivity contribution in [2.24, 2.45) is 0 Å². The summed E-state index contributed by atoms with van der Waals surface area (Å²) in [5.41, 5.74) is 1.41. The smallest absolute Gasteiger partial charge is 0.256 e. The molecule has 2 amide bonds. The zero-order chi connectivity index (χ0) is 17.0. The second-order valence-corrected chi connectivity index (χ2v) is 5.90. The Morgan fingerprint density at radius 3 is 2.43 bits per heavy atom. The van der Waals surface area contributed by atoms with Crippen LogP contribution in [-0.4, -0.2) is 37.9 Å². The fraction of sp³-hybridized carbons (Fsp3) is 0.176. The fourth-order valence-electron chi connectivity index (χ4n) is 2.03. The van der Waals surface area contributed by atoms with Crippen LogP contribution >= 0.6 is 15.9 Å². The van der Waals surface area contributed by atoms with Crippen molar-refractivity contribution in [3.05, 3.63) is 58.1 Å². The van der Waals surface area contributed by atoms with Gasteiger partial charge >= 0.3 is 0 Å². The summed E-state index contributed by atoms with van der Waals surface area (Å²) in [5.74, 6) is 0.0509. The molecule has 0 atom stereocenters. The largest absolute Gasteiger partial charge is 0.495 e. The van der Waals surface area contributed by atoms with E-state index < -0.39 is 0 Å². The highest BCUT2D eigenvalue weighted by molar-refractivity contribution is 9.10. The summed E-state index contributed by atoms with van der Waals surface area (Å²) >= 11 is 3.35. The van der Waals surface area contributed by atoms with Gasteiger partial charge in [0.25, 0.3) is 11.8 Å². The second kappa shape index (κ2) is 7.28. The molecule has 2 aromatic rings. The molecule has 2 rings (SSSR count). The molecule has 0 aromatic heterocycles. The highest BCUT2D eigenvalue weighted by Crippen LogP contribution is 2.27. The van der Waals surface area contributed by atoms with Crippen LogP contribution in [0.1, 0.15) is 20.7 Å². The number of benzene rings is 2. The number of nitrogens with zero attached hydrogens (tertiary/aromatic N) is 1. The number of rotatable bonds is 4. The van der Waals surface area contributed by atoms with Crippen LogP contribution in [-0.2, 0) is 0 Å². The Morgan fingerprint density at radius 2 is 1.83 bits per heavy atom. The molecular formula is C17H17BrN2O3. The van der Waals surface area contributed by atoms with Gasteiger partial charge in [-0.15, -0.1) is 0 Å². The monoisotopic (exact) mass is 376 g/mol. The Hall–Kier alpha value is -2.34. The molecule has 2 aromatic carbocycles. The van der Waals surface area contributed by atoms with Crippen LogP contribution in [0.4, 0.5) is 5.69 Å². The molecule has 0 fully saturated rings. The van der Waals surface area contributed by atoms with Crippen molar-refractivity contribution in [3.8, 4) is 5.75 Å². The lowest BCUT2D eigenvalue weighted by Crippen LogP contribution is -2.22. The van der Waals surface area contributed by atoms with Crippen molar-refractivity contribution in [1.82, 2.24) is 4.90 Å². The quantitative estimate of drug-likeness (QED) is 0.889. The first-order valence-electron chi connectivity index (χ1n) is 6.89. The van der Waals surface area contributed by atoms with E-state index in [2.05, 4.69) is 21.2 Å². The van der Waals surface area contributed by atoms with Crippen LogP contribution < -0.4 is 10.1 Å². The lowest BCUT2D eigenvalue weighted by Gasteiger charge is -2.14. The van der Waals surface area contributed by atoms with E-state index in [9.17, 15) is 9.59 Å². The third-order valence-corrected chi connectivity index (χ3v) is 3.91. The summed E-state index contributed by atoms with van der Waals surface area (Å²) in [4.78, 5) is 26.0. The third-order valence-electron chi connectivity index (χ3n) is 3.22. The Balaban J connectivity index is 2.34. The SMILES string of the molecule is COc1ccc(C(=O)N(C)C)cc1NC(=O)c1ccccc1Br. The molecule has 0 unspecified atom stereocenters. The minimum atomic E-state index is -0.287. The number of methoxy groups -OCH3 is 1. The molecule has 0 aliphatic rings. The van der Waals surface area contributed by atoms with E-state index in [1.165, 1.54) is 12.0 Å². The van der Waals surface area contributed by atoms with Crippen LogP contribution in [0.2, 0.25) is 0 Å². The van der Waals surface area contributed by atoms with Crippen LogP contribution in [0, 0.1) is 0 Å². The third kappa shape index (κ3) is 3.90. The van der Waals surface area contributed by atoms with Gasteiger partial charge < -0.3 is 15.0 Å². The van der Waals surface area contributed by atoms with Crippen LogP contribution in [0.25, 0.3) is 0 Å². The number of nitrogens with one attached hydrogen (secondary N) is 1. The molecule has 0 spiro atoms. The summed E-state index contributed by atoms with van der Waals surface area (Å²) in [6.45, 7) is 0. The molecule has 23 heavy (non-hydrogen) atoms. The molecule has 0 saturated heterocycles. The highest BCUT2D eigenvalue weighted by Gasteiger charge is 2.15. The fourth-order valence-corrected chi connectivity index (χ4v) is 2.50. The zero-order valence-corrected chi connectivity index (χ0v) is 14.7. The predicted molar refractivity (Wildman–Crippen MR) is 93.1 cm³/mol. The normalized spacial score (nSPS) is 10.1. The first kappa shape index (κ1) is 17.0. The summed E-state index contributed by atoms with van der Waals surface area (Å²) in [7, 11) is 4.86. The van der Waals surface area contributed by atoms with Crippen molar-refractivity contribution < 1.29 is 14.3 Å². The Morgan fingerprint density at radius 1 is 1.13 bits per heavy atom. The van der Waals surface area contributed by atoms with E-state index in [0.717, 1.165) is 0 Å². The Kier molecular flexibility index (Phi) is 5.39. The molecule has 0 saturated carbocycles. The molecule has 0 bridgehead atoms. The Labute approximate surface area is 143 Å². The number of halogens is 1. The van der Waals surface area contributed by atoms with E-state index in [4.69, 9.17) is 4.74 Å². The van der Waals surface area contributed by atoms with Gasteiger partial charge in [-0.3, -0.25) is 9.59 Å². The maximum absolute atomic E-state index is 12.4. The Bertz CT molecular complexity index is 744. The molecule has 0 aliphatic carbocycles. The van der Waals surface area contributed by atoms with Gasteiger partial charge in [-0.2, -0.15) is 0 Å². The van der Waals surface area contributed by atoms with Crippen molar-refractivity contribution in [3.63, 3.8) is 0 Å². The molecule has 5 nitrogen and oxygen atoms in total. The maximum atomic E-state index is 12.4. The minimum absolute atomic E-state index is 0.149. The molecule has 0 radical (unpaired) electrons. The summed E-state index contributed by atoms with van der Waals surface area (Å²) < 4.78 is 5.95. The van der Waals surface area contributed by atoms with Gasteiger partial charge in [0.2, 0.25) is 0 Å². The van der Waals surface area contributed by atoms with Gasteiger partial charge in [0.15, 0.2) is 0 Å². The molecule has 6 heteroatoms. The van der Waals surface area contributed by atoms with Crippen LogP contribution in [0.5, 0.6) is 5.75 Å². The minimum Gasteiger partial charge on any atom is -0.495 e. The number of carbonyl (C=O) groups is 2. The van der Waals surface area contributed by atoms with Crippen molar-refractivity contribution in [2.45, 2.75) is 0 Å². The van der Waals surface area contributed by atoms with Crippen LogP contribution in [0.15, 0.2) is 46.9 Å². The molecule has 0 heterocycles. The first-order valence-corrected chi connectivity index (χ1v) is 7.69. The van der Waals surface area contributed by atoms with E-state index in [0.29, 0.717) is 27.0 Å². The van der Waals surface area contributed by atoms with Crippen molar-refractivity contribution in [1.29, 1.82) is 0 Å². The van der Waals surface area contributed by atoms with Gasteiger partial charge in [-0.1, -0.05) is 12.1 Å². The van der Waals surface area contributed by atoms with E-state index >= 15 is 0 Å². The van der Waals surface area contributed by atoms with E-state index in [1.54, 1.807) is 50.5 Å².